The first kappa shape index (κ1) is 17.9. The van der Waals surface area contributed by atoms with Gasteiger partial charge in [-0.1, -0.05) is 52.3 Å². The van der Waals surface area contributed by atoms with E-state index < -0.39 is 6.10 Å². The van der Waals surface area contributed by atoms with Crippen LogP contribution in [0.4, 0.5) is 0 Å². The summed E-state index contributed by atoms with van der Waals surface area (Å²) < 4.78 is 12.3. The first-order chi connectivity index (χ1) is 12.1. The number of rotatable bonds is 7. The Morgan fingerprint density at radius 3 is 2.68 bits per heavy atom. The van der Waals surface area contributed by atoms with E-state index in [4.69, 9.17) is 9.47 Å². The molecule has 3 rings (SSSR count). The number of fused-ring (bicyclic) bond motifs is 1. The number of ether oxygens (including phenoxy) is 2. The molecule has 1 atom stereocenters. The third-order valence-corrected chi connectivity index (χ3v) is 4.49. The van der Waals surface area contributed by atoms with Crippen LogP contribution in [0.1, 0.15) is 11.3 Å². The van der Waals surface area contributed by atoms with Gasteiger partial charge >= 0.3 is 0 Å². The lowest BCUT2D eigenvalue weighted by Crippen LogP contribution is -2.23. The van der Waals surface area contributed by atoms with E-state index in [0.717, 1.165) is 26.6 Å². The average Bonchev–Trinajstić information content (AvgIpc) is 2.61. The number of aliphatic hydroxyl groups excluding tert-OH is 1. The summed E-state index contributed by atoms with van der Waals surface area (Å²) in [5, 5.41) is 11.1. The molecular formula is C20H20BrNO3. The van der Waals surface area contributed by atoms with Crippen LogP contribution < -0.4 is 4.74 Å². The van der Waals surface area contributed by atoms with E-state index in [1.807, 2.05) is 61.5 Å². The van der Waals surface area contributed by atoms with Crippen LogP contribution in [0.15, 0.2) is 59.1 Å². The maximum absolute atomic E-state index is 10.1. The molecule has 4 nitrogen and oxygen atoms in total. The van der Waals surface area contributed by atoms with Crippen LogP contribution in [0.25, 0.3) is 10.9 Å². The number of hydrogen-bond acceptors (Lipinski definition) is 4. The minimum Gasteiger partial charge on any atom is -0.489 e. The molecule has 0 amide bonds. The van der Waals surface area contributed by atoms with Crippen molar-refractivity contribution in [3.8, 4) is 5.75 Å². The van der Waals surface area contributed by atoms with Gasteiger partial charge in [0.2, 0.25) is 0 Å². The normalized spacial score (nSPS) is 12.3. The summed E-state index contributed by atoms with van der Waals surface area (Å²) in [7, 11) is 0. The van der Waals surface area contributed by atoms with Gasteiger partial charge in [-0.05, 0) is 30.7 Å². The molecule has 0 aliphatic heterocycles. The van der Waals surface area contributed by atoms with Crippen LogP contribution in [0.5, 0.6) is 5.75 Å². The molecule has 3 aromatic rings. The number of aromatic nitrogens is 1. The van der Waals surface area contributed by atoms with Gasteiger partial charge in [0.05, 0.1) is 24.4 Å². The van der Waals surface area contributed by atoms with Crippen molar-refractivity contribution in [1.82, 2.24) is 4.98 Å². The first-order valence-electron chi connectivity index (χ1n) is 8.12. The highest BCUT2D eigenvalue weighted by molar-refractivity contribution is 9.10. The number of aryl methyl sites for hydroxylation is 1. The Morgan fingerprint density at radius 2 is 1.88 bits per heavy atom. The largest absolute Gasteiger partial charge is 0.489 e. The Bertz CT molecular complexity index is 839. The van der Waals surface area contributed by atoms with Crippen molar-refractivity contribution < 1.29 is 14.6 Å². The quantitative estimate of drug-likeness (QED) is 0.642. The van der Waals surface area contributed by atoms with Crippen LogP contribution in [-0.2, 0) is 11.3 Å². The molecule has 0 bridgehead atoms. The summed E-state index contributed by atoms with van der Waals surface area (Å²) in [6.07, 6.45) is -0.696. The van der Waals surface area contributed by atoms with Crippen molar-refractivity contribution in [3.63, 3.8) is 0 Å². The van der Waals surface area contributed by atoms with Crippen LogP contribution in [-0.4, -0.2) is 29.4 Å². The summed E-state index contributed by atoms with van der Waals surface area (Å²) in [6, 6.07) is 17.7. The first-order valence-corrected chi connectivity index (χ1v) is 8.91. The Labute approximate surface area is 155 Å². The lowest BCUT2D eigenvalue weighted by molar-refractivity contribution is 0.00534. The number of nitrogens with zero attached hydrogens (tertiary/aromatic N) is 1. The number of halogens is 1. The SMILES string of the molecule is Cc1nc2cccc(Br)c2cc1OC[C@@H](O)COCc1ccccc1. The van der Waals surface area contributed by atoms with Crippen LogP contribution in [0.2, 0.25) is 0 Å². The van der Waals surface area contributed by atoms with Crippen molar-refractivity contribution in [2.45, 2.75) is 19.6 Å². The second-order valence-electron chi connectivity index (χ2n) is 5.84. The molecule has 0 radical (unpaired) electrons. The molecule has 0 aliphatic carbocycles. The fraction of sp³-hybridized carbons (Fsp3) is 0.250. The Morgan fingerprint density at radius 1 is 1.08 bits per heavy atom. The molecule has 1 heterocycles. The van der Waals surface area contributed by atoms with Crippen molar-refractivity contribution in [1.29, 1.82) is 0 Å². The molecule has 2 aromatic carbocycles. The van der Waals surface area contributed by atoms with Gasteiger partial charge in [0, 0.05) is 9.86 Å². The van der Waals surface area contributed by atoms with E-state index in [2.05, 4.69) is 20.9 Å². The molecule has 0 spiro atoms. The van der Waals surface area contributed by atoms with Gasteiger partial charge < -0.3 is 14.6 Å². The molecule has 1 aromatic heterocycles. The highest BCUT2D eigenvalue weighted by Crippen LogP contribution is 2.28. The van der Waals surface area contributed by atoms with Crippen molar-refractivity contribution >= 4 is 26.8 Å². The summed E-state index contributed by atoms with van der Waals surface area (Å²) in [5.74, 6) is 0.668. The molecule has 0 saturated heterocycles. The maximum atomic E-state index is 10.1. The molecule has 25 heavy (non-hydrogen) atoms. The zero-order valence-corrected chi connectivity index (χ0v) is 15.6. The van der Waals surface area contributed by atoms with Crippen LogP contribution in [0.3, 0.4) is 0 Å². The third-order valence-electron chi connectivity index (χ3n) is 3.80. The summed E-state index contributed by atoms with van der Waals surface area (Å²) >= 11 is 3.53. The average molecular weight is 402 g/mol. The van der Waals surface area contributed by atoms with Crippen molar-refractivity contribution in [2.24, 2.45) is 0 Å². The van der Waals surface area contributed by atoms with Crippen molar-refractivity contribution in [3.05, 3.63) is 70.3 Å². The minimum atomic E-state index is -0.696. The zero-order chi connectivity index (χ0) is 17.6. The Hall–Kier alpha value is -1.95. The lowest BCUT2D eigenvalue weighted by atomic mass is 10.2. The van der Waals surface area contributed by atoms with Gasteiger partial charge in [-0.2, -0.15) is 0 Å². The Balaban J connectivity index is 1.55. The molecule has 1 N–H and O–H groups in total. The summed E-state index contributed by atoms with van der Waals surface area (Å²) in [6.45, 7) is 2.75. The number of aliphatic hydroxyl groups is 1. The minimum absolute atomic E-state index is 0.160. The number of pyridine rings is 1. The van der Waals surface area contributed by atoms with E-state index in [1.165, 1.54) is 0 Å². The van der Waals surface area contributed by atoms with Gasteiger partial charge in [0.15, 0.2) is 0 Å². The fourth-order valence-corrected chi connectivity index (χ4v) is 2.97. The van der Waals surface area contributed by atoms with Gasteiger partial charge in [0.1, 0.15) is 18.5 Å². The van der Waals surface area contributed by atoms with E-state index in [-0.39, 0.29) is 13.2 Å². The van der Waals surface area contributed by atoms with Gasteiger partial charge in [0.25, 0.3) is 0 Å². The molecule has 0 aliphatic rings. The van der Waals surface area contributed by atoms with E-state index in [9.17, 15) is 5.11 Å². The topological polar surface area (TPSA) is 51.6 Å². The third kappa shape index (κ3) is 4.78. The second kappa shape index (κ2) is 8.43. The van der Waals surface area contributed by atoms with Gasteiger partial charge in [-0.3, -0.25) is 0 Å². The number of hydrogen-bond donors (Lipinski definition) is 1. The van der Waals surface area contributed by atoms with Gasteiger partial charge in [-0.25, -0.2) is 4.98 Å². The van der Waals surface area contributed by atoms with Crippen LogP contribution in [0, 0.1) is 6.92 Å². The van der Waals surface area contributed by atoms with Gasteiger partial charge in [-0.15, -0.1) is 0 Å². The smallest absolute Gasteiger partial charge is 0.141 e. The molecule has 5 heteroatoms. The van der Waals surface area contributed by atoms with E-state index in [1.54, 1.807) is 0 Å². The number of benzene rings is 2. The second-order valence-corrected chi connectivity index (χ2v) is 6.70. The van der Waals surface area contributed by atoms with Crippen molar-refractivity contribution in [2.75, 3.05) is 13.2 Å². The molecule has 130 valence electrons. The Kier molecular flexibility index (Phi) is 6.02. The predicted molar refractivity (Wildman–Crippen MR) is 102 cm³/mol. The summed E-state index contributed by atoms with van der Waals surface area (Å²) in [4.78, 5) is 4.55. The highest BCUT2D eigenvalue weighted by atomic mass is 79.9. The van der Waals surface area contributed by atoms with Crippen LogP contribution >= 0.6 is 15.9 Å². The monoisotopic (exact) mass is 401 g/mol. The fourth-order valence-electron chi connectivity index (χ4n) is 2.50. The molecule has 0 unspecified atom stereocenters. The molecule has 0 saturated carbocycles. The zero-order valence-electron chi connectivity index (χ0n) is 14.0. The lowest BCUT2D eigenvalue weighted by Gasteiger charge is -2.15. The van der Waals surface area contributed by atoms with E-state index in [0.29, 0.717) is 12.4 Å². The highest BCUT2D eigenvalue weighted by Gasteiger charge is 2.10. The summed E-state index contributed by atoms with van der Waals surface area (Å²) in [5.41, 5.74) is 2.78. The standard InChI is InChI=1S/C20H20BrNO3/c1-14-20(10-17-18(21)8-5-9-19(17)22-14)25-13-16(23)12-24-11-15-6-3-2-4-7-15/h2-10,16,23H,11-13H2,1H3/t16-/m0/s1. The molecular weight excluding hydrogens is 382 g/mol. The molecule has 0 fully saturated rings. The maximum Gasteiger partial charge on any atom is 0.141 e. The van der Waals surface area contributed by atoms with E-state index >= 15 is 0 Å². The predicted octanol–water partition coefficient (Wildman–Crippen LogP) is 4.26.